The van der Waals surface area contributed by atoms with Gasteiger partial charge in [0.2, 0.25) is 0 Å². The average Bonchev–Trinajstić information content (AvgIpc) is 2.07. The summed E-state index contributed by atoms with van der Waals surface area (Å²) in [7, 11) is 0. The Hall–Kier alpha value is -1.27. The molecule has 0 unspecified atom stereocenters. The second-order valence-electron chi connectivity index (χ2n) is 2.68. The number of phenolic OH excluding ortho intramolecular Hbond substituents is 1. The number of alkyl halides is 3. The van der Waals surface area contributed by atoms with Crippen LogP contribution in [0.1, 0.15) is 11.1 Å². The van der Waals surface area contributed by atoms with Gasteiger partial charge in [-0.3, -0.25) is 0 Å². The van der Waals surface area contributed by atoms with Crippen LogP contribution >= 0.6 is 0 Å². The molecular weight excluding hydrogens is 199 g/mol. The van der Waals surface area contributed by atoms with E-state index in [0.29, 0.717) is 0 Å². The van der Waals surface area contributed by atoms with Crippen molar-refractivity contribution >= 4 is 0 Å². The molecule has 0 saturated carbocycles. The van der Waals surface area contributed by atoms with Gasteiger partial charge < -0.3 is 10.3 Å². The van der Waals surface area contributed by atoms with E-state index < -0.39 is 17.5 Å². The lowest BCUT2D eigenvalue weighted by atomic mass is 10.1. The van der Waals surface area contributed by atoms with Gasteiger partial charge in [-0.2, -0.15) is 13.2 Å². The second-order valence-corrected chi connectivity index (χ2v) is 2.68. The number of aromatic hydroxyl groups is 1. The molecule has 0 aliphatic carbocycles. The molecule has 78 valence electrons. The van der Waals surface area contributed by atoms with Crippen molar-refractivity contribution in [3.05, 3.63) is 29.3 Å². The van der Waals surface area contributed by atoms with E-state index in [1.165, 1.54) is 6.07 Å². The number of hydrogen-bond acceptors (Lipinski definition) is 3. The van der Waals surface area contributed by atoms with Crippen molar-refractivity contribution in [3.63, 3.8) is 0 Å². The van der Waals surface area contributed by atoms with Gasteiger partial charge in [-0.05, 0) is 17.7 Å². The monoisotopic (exact) mass is 207 g/mol. The Morgan fingerprint density at radius 2 is 1.93 bits per heavy atom. The Labute approximate surface area is 77.8 Å². The molecule has 1 aromatic carbocycles. The highest BCUT2D eigenvalue weighted by Crippen LogP contribution is 2.35. The fraction of sp³-hybridized carbons (Fsp3) is 0.250. The standard InChI is InChI=1S/C8H8F3NO2/c9-8(10,11)6-3-5(4-12-14)1-2-7(6)13/h1-3,12-14H,4H2. The average molecular weight is 207 g/mol. The molecule has 0 spiro atoms. The SMILES string of the molecule is ONCc1ccc(O)c(C(F)(F)F)c1. The predicted octanol–water partition coefficient (Wildman–Crippen LogP) is 1.89. The van der Waals surface area contributed by atoms with Gasteiger partial charge >= 0.3 is 6.18 Å². The first kappa shape index (κ1) is 10.8. The first-order valence-corrected chi connectivity index (χ1v) is 3.71. The van der Waals surface area contributed by atoms with Crippen LogP contribution in [0.15, 0.2) is 18.2 Å². The summed E-state index contributed by atoms with van der Waals surface area (Å²) >= 11 is 0. The minimum absolute atomic E-state index is 0.108. The molecule has 0 radical (unpaired) electrons. The third-order valence-corrected chi connectivity index (χ3v) is 1.65. The fourth-order valence-corrected chi connectivity index (χ4v) is 1.01. The second kappa shape index (κ2) is 3.85. The highest BCUT2D eigenvalue weighted by atomic mass is 19.4. The number of nitrogens with one attached hydrogen (secondary N) is 1. The molecule has 0 aromatic heterocycles. The molecule has 0 aliphatic rings. The van der Waals surface area contributed by atoms with Crippen molar-refractivity contribution in [2.45, 2.75) is 12.7 Å². The van der Waals surface area contributed by atoms with E-state index in [9.17, 15) is 13.2 Å². The van der Waals surface area contributed by atoms with E-state index in [1.807, 2.05) is 0 Å². The van der Waals surface area contributed by atoms with Crippen molar-refractivity contribution in [1.82, 2.24) is 5.48 Å². The van der Waals surface area contributed by atoms with Gasteiger partial charge in [0.15, 0.2) is 0 Å². The van der Waals surface area contributed by atoms with E-state index in [0.717, 1.165) is 12.1 Å². The maximum absolute atomic E-state index is 12.2. The van der Waals surface area contributed by atoms with Crippen molar-refractivity contribution in [2.75, 3.05) is 0 Å². The molecule has 0 bridgehead atoms. The topological polar surface area (TPSA) is 52.5 Å². The Kier molecular flexibility index (Phi) is 2.97. The zero-order valence-corrected chi connectivity index (χ0v) is 6.97. The van der Waals surface area contributed by atoms with E-state index >= 15 is 0 Å². The molecule has 1 rings (SSSR count). The van der Waals surface area contributed by atoms with Crippen LogP contribution in [0.3, 0.4) is 0 Å². The third kappa shape index (κ3) is 2.36. The summed E-state index contributed by atoms with van der Waals surface area (Å²) in [6.07, 6.45) is -4.59. The van der Waals surface area contributed by atoms with E-state index in [2.05, 4.69) is 0 Å². The first-order chi connectivity index (χ1) is 6.45. The minimum Gasteiger partial charge on any atom is -0.507 e. The maximum atomic E-state index is 12.2. The van der Waals surface area contributed by atoms with Crippen molar-refractivity contribution < 1.29 is 23.5 Å². The van der Waals surface area contributed by atoms with Crippen LogP contribution in [-0.2, 0) is 12.7 Å². The van der Waals surface area contributed by atoms with E-state index in [-0.39, 0.29) is 12.1 Å². The fourth-order valence-electron chi connectivity index (χ4n) is 1.01. The molecule has 0 saturated heterocycles. The number of hydroxylamine groups is 1. The van der Waals surface area contributed by atoms with Gasteiger partial charge in [-0.15, -0.1) is 0 Å². The van der Waals surface area contributed by atoms with E-state index in [4.69, 9.17) is 10.3 Å². The lowest BCUT2D eigenvalue weighted by Crippen LogP contribution is -2.09. The third-order valence-electron chi connectivity index (χ3n) is 1.65. The zero-order chi connectivity index (χ0) is 10.8. The molecule has 0 aliphatic heterocycles. The van der Waals surface area contributed by atoms with Gasteiger partial charge in [0, 0.05) is 6.54 Å². The summed E-state index contributed by atoms with van der Waals surface area (Å²) in [5.74, 6) is -0.820. The number of phenols is 1. The first-order valence-electron chi connectivity index (χ1n) is 3.71. The van der Waals surface area contributed by atoms with Gasteiger partial charge in [0.25, 0.3) is 0 Å². The molecule has 0 amide bonds. The molecule has 1 aromatic rings. The summed E-state index contributed by atoms with van der Waals surface area (Å²) in [4.78, 5) is 0. The lowest BCUT2D eigenvalue weighted by molar-refractivity contribution is -0.138. The molecule has 3 N–H and O–H groups in total. The summed E-state index contributed by atoms with van der Waals surface area (Å²) in [5, 5.41) is 17.2. The largest absolute Gasteiger partial charge is 0.507 e. The van der Waals surface area contributed by atoms with Crippen LogP contribution in [-0.4, -0.2) is 10.3 Å². The molecule has 14 heavy (non-hydrogen) atoms. The Morgan fingerprint density at radius 1 is 1.29 bits per heavy atom. The number of rotatable bonds is 2. The molecular formula is C8H8F3NO2. The van der Waals surface area contributed by atoms with Gasteiger partial charge in [-0.1, -0.05) is 6.07 Å². The minimum atomic E-state index is -4.59. The molecule has 0 heterocycles. The quantitative estimate of drug-likeness (QED) is 0.649. The normalized spacial score (nSPS) is 11.7. The predicted molar refractivity (Wildman–Crippen MR) is 41.7 cm³/mol. The van der Waals surface area contributed by atoms with Crippen LogP contribution in [0.4, 0.5) is 13.2 Å². The van der Waals surface area contributed by atoms with Crippen LogP contribution in [0.2, 0.25) is 0 Å². The smallest absolute Gasteiger partial charge is 0.419 e. The molecule has 6 heteroatoms. The Morgan fingerprint density at radius 3 is 2.43 bits per heavy atom. The molecule has 0 atom stereocenters. The van der Waals surface area contributed by atoms with E-state index in [1.54, 1.807) is 5.48 Å². The number of hydrogen-bond donors (Lipinski definition) is 3. The maximum Gasteiger partial charge on any atom is 0.419 e. The molecule has 3 nitrogen and oxygen atoms in total. The summed E-state index contributed by atoms with van der Waals surface area (Å²) in [6.45, 7) is -0.108. The summed E-state index contributed by atoms with van der Waals surface area (Å²) in [5.41, 5.74) is 0.861. The number of halogens is 3. The summed E-state index contributed by atoms with van der Waals surface area (Å²) < 4.78 is 36.7. The van der Waals surface area contributed by atoms with Crippen LogP contribution in [0.5, 0.6) is 5.75 Å². The highest BCUT2D eigenvalue weighted by molar-refractivity contribution is 5.38. The van der Waals surface area contributed by atoms with Crippen LogP contribution in [0.25, 0.3) is 0 Å². The summed E-state index contributed by atoms with van der Waals surface area (Å²) in [6, 6.07) is 3.00. The van der Waals surface area contributed by atoms with Gasteiger partial charge in [0.05, 0.1) is 5.56 Å². The zero-order valence-electron chi connectivity index (χ0n) is 6.97. The Bertz CT molecular complexity index is 325. The van der Waals surface area contributed by atoms with Crippen LogP contribution < -0.4 is 5.48 Å². The lowest BCUT2D eigenvalue weighted by Gasteiger charge is -2.10. The number of benzene rings is 1. The highest BCUT2D eigenvalue weighted by Gasteiger charge is 2.33. The van der Waals surface area contributed by atoms with Gasteiger partial charge in [-0.25, -0.2) is 5.48 Å². The molecule has 0 fully saturated rings. The van der Waals surface area contributed by atoms with Crippen molar-refractivity contribution in [2.24, 2.45) is 0 Å². The van der Waals surface area contributed by atoms with Crippen LogP contribution in [0, 0.1) is 0 Å². The van der Waals surface area contributed by atoms with Gasteiger partial charge in [0.1, 0.15) is 5.75 Å². The van der Waals surface area contributed by atoms with Crippen molar-refractivity contribution in [1.29, 1.82) is 0 Å². The Balaban J connectivity index is 3.09. The van der Waals surface area contributed by atoms with Crippen molar-refractivity contribution in [3.8, 4) is 5.75 Å².